The maximum absolute atomic E-state index is 13.3. The number of thiophene rings is 1. The molecule has 182 valence electrons. The standard InChI is InChI=1S/C28H31N3O2S2/c1-17-15-23(18(2)31(17)14-13-20-9-11-21(33-4)12-10-20)24(32)16-34-27-26-22-7-5-6-8-25(22)35-28(26)30-19(3)29-27/h9-12,15H,5-8,13-14,16H2,1-4H3. The van der Waals surface area contributed by atoms with Crippen molar-refractivity contribution in [1.82, 2.24) is 14.5 Å². The van der Waals surface area contributed by atoms with E-state index in [1.165, 1.54) is 34.2 Å². The smallest absolute Gasteiger partial charge is 0.174 e. The molecular formula is C28H31N3O2S2. The van der Waals surface area contributed by atoms with Crippen molar-refractivity contribution in [2.24, 2.45) is 0 Å². The Balaban J connectivity index is 1.32. The number of nitrogens with zero attached hydrogens (tertiary/aromatic N) is 3. The van der Waals surface area contributed by atoms with Gasteiger partial charge in [0.05, 0.1) is 12.9 Å². The van der Waals surface area contributed by atoms with Crippen LogP contribution in [0, 0.1) is 20.8 Å². The van der Waals surface area contributed by atoms with Crippen molar-refractivity contribution in [3.05, 3.63) is 69.1 Å². The number of Topliss-reactive ketones (excluding diaryl/α,β-unsaturated/α-hetero) is 1. The quantitative estimate of drug-likeness (QED) is 0.155. The van der Waals surface area contributed by atoms with Gasteiger partial charge in [-0.2, -0.15) is 0 Å². The highest BCUT2D eigenvalue weighted by molar-refractivity contribution is 8.00. The number of aromatic nitrogens is 3. The molecule has 4 aromatic rings. The molecule has 5 nitrogen and oxygen atoms in total. The molecule has 3 aromatic heterocycles. The maximum atomic E-state index is 13.3. The minimum absolute atomic E-state index is 0.160. The highest BCUT2D eigenvalue weighted by atomic mass is 32.2. The lowest BCUT2D eigenvalue weighted by molar-refractivity contribution is 0.102. The van der Waals surface area contributed by atoms with Crippen LogP contribution in [-0.2, 0) is 25.8 Å². The topological polar surface area (TPSA) is 57.0 Å². The van der Waals surface area contributed by atoms with Gasteiger partial charge in [-0.05, 0) is 82.2 Å². The van der Waals surface area contributed by atoms with Crippen LogP contribution in [0.4, 0.5) is 0 Å². The first-order valence-electron chi connectivity index (χ1n) is 12.2. The Labute approximate surface area is 214 Å². The number of benzene rings is 1. The highest BCUT2D eigenvalue weighted by Gasteiger charge is 2.22. The van der Waals surface area contributed by atoms with Crippen LogP contribution in [0.15, 0.2) is 35.4 Å². The zero-order chi connectivity index (χ0) is 24.5. The van der Waals surface area contributed by atoms with Crippen molar-refractivity contribution < 1.29 is 9.53 Å². The Morgan fingerprint density at radius 1 is 1.11 bits per heavy atom. The Kier molecular flexibility index (Phi) is 6.98. The van der Waals surface area contributed by atoms with E-state index in [1.54, 1.807) is 18.9 Å². The molecule has 5 rings (SSSR count). The van der Waals surface area contributed by atoms with E-state index >= 15 is 0 Å². The molecule has 35 heavy (non-hydrogen) atoms. The average molecular weight is 506 g/mol. The summed E-state index contributed by atoms with van der Waals surface area (Å²) in [7, 11) is 1.68. The summed E-state index contributed by atoms with van der Waals surface area (Å²) in [5, 5.41) is 2.16. The zero-order valence-electron chi connectivity index (χ0n) is 20.8. The number of hydrogen-bond acceptors (Lipinski definition) is 6. The minimum Gasteiger partial charge on any atom is -0.497 e. The average Bonchev–Trinajstić information content (AvgIpc) is 3.37. The van der Waals surface area contributed by atoms with Gasteiger partial charge < -0.3 is 9.30 Å². The molecule has 0 radical (unpaired) electrons. The van der Waals surface area contributed by atoms with Crippen molar-refractivity contribution in [3.8, 4) is 5.75 Å². The first-order chi connectivity index (χ1) is 16.9. The Bertz CT molecular complexity index is 1390. The molecule has 0 atom stereocenters. The second-order valence-electron chi connectivity index (χ2n) is 9.21. The maximum Gasteiger partial charge on any atom is 0.174 e. The molecule has 0 saturated heterocycles. The summed E-state index contributed by atoms with van der Waals surface area (Å²) in [4.78, 5) is 25.3. The van der Waals surface area contributed by atoms with Crippen LogP contribution in [0.25, 0.3) is 10.2 Å². The lowest BCUT2D eigenvalue weighted by atomic mass is 9.97. The summed E-state index contributed by atoms with van der Waals surface area (Å²) in [5.74, 6) is 2.19. The van der Waals surface area contributed by atoms with Crippen LogP contribution in [-0.4, -0.2) is 33.2 Å². The van der Waals surface area contributed by atoms with E-state index in [0.717, 1.165) is 64.2 Å². The van der Waals surface area contributed by atoms with Gasteiger partial charge in [0.25, 0.3) is 0 Å². The van der Waals surface area contributed by atoms with E-state index in [9.17, 15) is 4.79 Å². The lowest BCUT2D eigenvalue weighted by Gasteiger charge is -2.12. The molecule has 3 heterocycles. The molecule has 0 bridgehead atoms. The third-order valence-electron chi connectivity index (χ3n) is 6.89. The summed E-state index contributed by atoms with van der Waals surface area (Å²) in [5.41, 5.74) is 5.65. The highest BCUT2D eigenvalue weighted by Crippen LogP contribution is 2.39. The monoisotopic (exact) mass is 505 g/mol. The van der Waals surface area contributed by atoms with Gasteiger partial charge in [0, 0.05) is 33.8 Å². The van der Waals surface area contributed by atoms with Crippen LogP contribution in [0.1, 0.15) is 56.4 Å². The summed E-state index contributed by atoms with van der Waals surface area (Å²) >= 11 is 3.38. The van der Waals surface area contributed by atoms with Gasteiger partial charge in [0.1, 0.15) is 21.4 Å². The van der Waals surface area contributed by atoms with Gasteiger partial charge >= 0.3 is 0 Å². The molecular weight excluding hydrogens is 474 g/mol. The fourth-order valence-electron chi connectivity index (χ4n) is 5.00. The van der Waals surface area contributed by atoms with Crippen molar-refractivity contribution >= 4 is 39.1 Å². The van der Waals surface area contributed by atoms with Crippen LogP contribution < -0.4 is 4.74 Å². The second-order valence-corrected chi connectivity index (χ2v) is 11.3. The van der Waals surface area contributed by atoms with Crippen LogP contribution >= 0.6 is 23.1 Å². The summed E-state index contributed by atoms with van der Waals surface area (Å²) in [6.07, 6.45) is 5.61. The summed E-state index contributed by atoms with van der Waals surface area (Å²) in [6.45, 7) is 6.93. The Hall–Kier alpha value is -2.64. The van der Waals surface area contributed by atoms with Gasteiger partial charge in [-0.25, -0.2) is 9.97 Å². The fourth-order valence-corrected chi connectivity index (χ4v) is 7.36. The predicted octanol–water partition coefficient (Wildman–Crippen LogP) is 6.52. The molecule has 1 aliphatic rings. The lowest BCUT2D eigenvalue weighted by Crippen LogP contribution is -2.08. The van der Waals surface area contributed by atoms with Gasteiger partial charge in [-0.3, -0.25) is 4.79 Å². The second kappa shape index (κ2) is 10.2. The van der Waals surface area contributed by atoms with E-state index in [-0.39, 0.29) is 5.78 Å². The number of fused-ring (bicyclic) bond motifs is 3. The number of ether oxygens (including phenoxy) is 1. The van der Waals surface area contributed by atoms with Crippen molar-refractivity contribution in [1.29, 1.82) is 0 Å². The van der Waals surface area contributed by atoms with Gasteiger partial charge in [-0.1, -0.05) is 23.9 Å². The molecule has 0 fully saturated rings. The summed E-state index contributed by atoms with van der Waals surface area (Å²) < 4.78 is 7.51. The van der Waals surface area contributed by atoms with E-state index in [1.807, 2.05) is 36.5 Å². The molecule has 1 aliphatic carbocycles. The number of carbonyl (C=O) groups is 1. The molecule has 0 spiro atoms. The normalized spacial score (nSPS) is 13.3. The Morgan fingerprint density at radius 2 is 1.89 bits per heavy atom. The number of carbonyl (C=O) groups excluding carboxylic acids is 1. The predicted molar refractivity (Wildman–Crippen MR) is 144 cm³/mol. The van der Waals surface area contributed by atoms with E-state index in [4.69, 9.17) is 14.7 Å². The van der Waals surface area contributed by atoms with Gasteiger partial charge in [0.2, 0.25) is 0 Å². The number of rotatable bonds is 8. The molecule has 0 unspecified atom stereocenters. The van der Waals surface area contributed by atoms with Gasteiger partial charge in [0.15, 0.2) is 5.78 Å². The number of hydrogen-bond donors (Lipinski definition) is 0. The number of methoxy groups -OCH3 is 1. The molecule has 0 saturated carbocycles. The fraction of sp³-hybridized carbons (Fsp3) is 0.393. The van der Waals surface area contributed by atoms with Crippen LogP contribution in [0.2, 0.25) is 0 Å². The summed E-state index contributed by atoms with van der Waals surface area (Å²) in [6, 6.07) is 10.2. The number of aryl methyl sites for hydroxylation is 5. The van der Waals surface area contributed by atoms with Crippen LogP contribution in [0.3, 0.4) is 0 Å². The molecule has 7 heteroatoms. The molecule has 0 aliphatic heterocycles. The van der Waals surface area contributed by atoms with E-state index in [2.05, 4.69) is 30.5 Å². The first kappa shape index (κ1) is 24.1. The third kappa shape index (κ3) is 4.89. The van der Waals surface area contributed by atoms with Gasteiger partial charge in [-0.15, -0.1) is 11.3 Å². The van der Waals surface area contributed by atoms with E-state index < -0.39 is 0 Å². The minimum atomic E-state index is 0.160. The van der Waals surface area contributed by atoms with Crippen LogP contribution in [0.5, 0.6) is 5.75 Å². The van der Waals surface area contributed by atoms with Crippen molar-refractivity contribution in [3.63, 3.8) is 0 Å². The molecule has 1 aromatic carbocycles. The largest absolute Gasteiger partial charge is 0.497 e. The molecule has 0 N–H and O–H groups in total. The van der Waals surface area contributed by atoms with E-state index in [0.29, 0.717) is 5.75 Å². The van der Waals surface area contributed by atoms with Crippen molar-refractivity contribution in [2.75, 3.05) is 12.9 Å². The van der Waals surface area contributed by atoms with Crippen molar-refractivity contribution in [2.45, 2.75) is 64.4 Å². The number of ketones is 1. The first-order valence-corrected chi connectivity index (χ1v) is 14.0. The molecule has 0 amide bonds. The SMILES string of the molecule is COc1ccc(CCn2c(C)cc(C(=O)CSc3nc(C)nc4sc5c(c34)CCCC5)c2C)cc1. The number of thioether (sulfide) groups is 1. The Morgan fingerprint density at radius 3 is 2.66 bits per heavy atom. The zero-order valence-corrected chi connectivity index (χ0v) is 22.4. The third-order valence-corrected chi connectivity index (χ3v) is 9.05.